The highest BCUT2D eigenvalue weighted by Crippen LogP contribution is 2.23. The topological polar surface area (TPSA) is 121 Å². The molecular weight excluding hydrogens is 316 g/mol. The summed E-state index contributed by atoms with van der Waals surface area (Å²) in [5, 5.41) is 26.4. The number of carbonyl (C=O) groups is 2. The van der Waals surface area contributed by atoms with Crippen molar-refractivity contribution in [2.24, 2.45) is 0 Å². The summed E-state index contributed by atoms with van der Waals surface area (Å²) in [6, 6.07) is 6.40. The first kappa shape index (κ1) is 19.1. The van der Waals surface area contributed by atoms with E-state index in [9.17, 15) is 9.59 Å². The third-order valence-electron chi connectivity index (χ3n) is 2.97. The number of hydrogen-bond acceptors (Lipinski definition) is 7. The summed E-state index contributed by atoms with van der Waals surface area (Å²) < 4.78 is 9.45. The van der Waals surface area contributed by atoms with Crippen molar-refractivity contribution >= 4 is 11.9 Å². The van der Waals surface area contributed by atoms with E-state index in [1.165, 1.54) is 24.3 Å². The van der Waals surface area contributed by atoms with E-state index < -0.39 is 23.9 Å². The van der Waals surface area contributed by atoms with Crippen molar-refractivity contribution in [2.45, 2.75) is 12.0 Å². The van der Waals surface area contributed by atoms with Crippen molar-refractivity contribution in [1.29, 1.82) is 5.26 Å². The van der Waals surface area contributed by atoms with E-state index >= 15 is 0 Å². The van der Waals surface area contributed by atoms with Crippen molar-refractivity contribution in [2.75, 3.05) is 26.4 Å². The molecule has 0 aliphatic carbocycles. The maximum absolute atomic E-state index is 11.7. The third kappa shape index (κ3) is 5.06. The molecule has 0 aliphatic heterocycles. The largest absolute Gasteiger partial charge is 0.462 e. The fraction of sp³-hybridized carbons (Fsp3) is 0.375. The quantitative estimate of drug-likeness (QED) is 0.519. The molecule has 8 nitrogen and oxygen atoms in total. The van der Waals surface area contributed by atoms with E-state index in [-0.39, 0.29) is 26.4 Å². The van der Waals surface area contributed by atoms with Gasteiger partial charge in [0.1, 0.15) is 13.2 Å². The van der Waals surface area contributed by atoms with Gasteiger partial charge in [0.05, 0.1) is 19.3 Å². The number of ether oxygens (including phenoxy) is 2. The average molecular weight is 332 g/mol. The summed E-state index contributed by atoms with van der Waals surface area (Å²) in [5.41, 5.74) is 0.689. The fourth-order valence-electron chi connectivity index (χ4n) is 1.85. The summed E-state index contributed by atoms with van der Waals surface area (Å²) in [6.45, 7) is 6.01. The second-order valence-electron chi connectivity index (χ2n) is 4.54. The Morgan fingerprint density at radius 1 is 1.08 bits per heavy atom. The fourth-order valence-corrected chi connectivity index (χ4v) is 1.85. The van der Waals surface area contributed by atoms with Crippen molar-refractivity contribution in [1.82, 2.24) is 0 Å². The number of nitriles is 1. The Morgan fingerprint density at radius 3 is 2.04 bits per heavy atom. The van der Waals surface area contributed by atoms with Crippen LogP contribution in [0.5, 0.6) is 0 Å². The summed E-state index contributed by atoms with van der Waals surface area (Å²) >= 11 is 0. The zero-order valence-corrected chi connectivity index (χ0v) is 12.7. The minimum absolute atomic E-state index is 0.198. The molecule has 24 heavy (non-hydrogen) atoms. The molecule has 1 aromatic rings. The summed E-state index contributed by atoms with van der Waals surface area (Å²) in [5.74, 6) is -2.74. The lowest BCUT2D eigenvalue weighted by atomic mass is 9.97. The lowest BCUT2D eigenvalue weighted by Gasteiger charge is -2.10. The Kier molecular flexibility index (Phi) is 7.92. The molecule has 0 heterocycles. The van der Waals surface area contributed by atoms with Gasteiger partial charge in [-0.05, 0) is 5.56 Å². The molecule has 2 atom stereocenters. The molecule has 8 heteroatoms. The minimum atomic E-state index is -1.19. The minimum Gasteiger partial charge on any atom is -0.462 e. The standard InChI is InChI=1S/C16H16N2O6/c1-18-14(16(22)24-9-7-20)12-4-2-11(3-5-12)13(10-17)15(21)23-8-6-19/h2-5,13-14,19-20H,6-9H2. The third-order valence-corrected chi connectivity index (χ3v) is 2.97. The first-order chi connectivity index (χ1) is 11.6. The smallest absolute Gasteiger partial charge is 0.395 e. The van der Waals surface area contributed by atoms with E-state index in [1.807, 2.05) is 0 Å². The Bertz CT molecular complexity index is 587. The van der Waals surface area contributed by atoms with Crippen LogP contribution in [-0.4, -0.2) is 48.6 Å². The van der Waals surface area contributed by atoms with E-state index in [4.69, 9.17) is 31.5 Å². The molecule has 0 amide bonds. The van der Waals surface area contributed by atoms with Gasteiger partial charge in [-0.3, -0.25) is 9.64 Å². The van der Waals surface area contributed by atoms with Crippen LogP contribution in [-0.2, 0) is 19.1 Å². The highest BCUT2D eigenvalue weighted by molar-refractivity contribution is 5.82. The first-order valence-corrected chi connectivity index (χ1v) is 7.00. The summed E-state index contributed by atoms with van der Waals surface area (Å²) in [7, 11) is 0. The number of rotatable bonds is 8. The molecule has 1 rings (SSSR count). The van der Waals surface area contributed by atoms with Gasteiger partial charge >= 0.3 is 18.0 Å². The van der Waals surface area contributed by atoms with Gasteiger partial charge in [0.2, 0.25) is 0 Å². The number of nitrogens with zero attached hydrogens (tertiary/aromatic N) is 2. The van der Waals surface area contributed by atoms with Gasteiger partial charge in [-0.2, -0.15) is 5.26 Å². The molecule has 2 unspecified atom stereocenters. The number of aliphatic hydroxyl groups is 2. The Labute approximate surface area is 138 Å². The van der Waals surface area contributed by atoms with Crippen LogP contribution in [0, 0.1) is 17.9 Å². The molecule has 0 saturated carbocycles. The molecule has 0 bridgehead atoms. The van der Waals surface area contributed by atoms with Gasteiger partial charge < -0.3 is 19.7 Å². The Morgan fingerprint density at radius 2 is 1.58 bits per heavy atom. The van der Waals surface area contributed by atoms with Gasteiger partial charge in [-0.25, -0.2) is 11.4 Å². The zero-order chi connectivity index (χ0) is 17.9. The molecule has 126 valence electrons. The van der Waals surface area contributed by atoms with Gasteiger partial charge in [-0.1, -0.05) is 24.3 Å². The molecule has 2 N–H and O–H groups in total. The van der Waals surface area contributed by atoms with E-state index in [1.54, 1.807) is 6.07 Å². The van der Waals surface area contributed by atoms with Crippen LogP contribution in [0.3, 0.4) is 0 Å². The Hall–Kier alpha value is -2.94. The molecule has 0 spiro atoms. The lowest BCUT2D eigenvalue weighted by molar-refractivity contribution is -0.146. The Balaban J connectivity index is 2.90. The number of aliphatic hydroxyl groups excluding tert-OH is 2. The van der Waals surface area contributed by atoms with Crippen molar-refractivity contribution < 1.29 is 29.3 Å². The van der Waals surface area contributed by atoms with Gasteiger partial charge in [-0.15, -0.1) is 0 Å². The number of esters is 2. The van der Waals surface area contributed by atoms with Crippen LogP contribution in [0.2, 0.25) is 0 Å². The zero-order valence-electron chi connectivity index (χ0n) is 12.7. The second kappa shape index (κ2) is 9.95. The normalized spacial score (nSPS) is 12.3. The predicted molar refractivity (Wildman–Crippen MR) is 80.2 cm³/mol. The molecule has 0 saturated heterocycles. The monoisotopic (exact) mass is 332 g/mol. The van der Waals surface area contributed by atoms with Crippen LogP contribution < -0.4 is 0 Å². The van der Waals surface area contributed by atoms with E-state index in [2.05, 4.69) is 4.85 Å². The SMILES string of the molecule is [C-]#[N+]C(C(=O)OCCO)c1ccc(C(C#N)C(=O)OCCO)cc1. The van der Waals surface area contributed by atoms with Gasteiger partial charge in [0.25, 0.3) is 0 Å². The highest BCUT2D eigenvalue weighted by atomic mass is 16.5. The van der Waals surface area contributed by atoms with Crippen molar-refractivity contribution in [3.8, 4) is 6.07 Å². The molecular formula is C16H16N2O6. The maximum Gasteiger partial charge on any atom is 0.395 e. The van der Waals surface area contributed by atoms with Crippen LogP contribution in [0.25, 0.3) is 4.85 Å². The van der Waals surface area contributed by atoms with Crippen LogP contribution in [0.1, 0.15) is 23.1 Å². The molecule has 0 fully saturated rings. The van der Waals surface area contributed by atoms with Crippen molar-refractivity contribution in [3.63, 3.8) is 0 Å². The second-order valence-corrected chi connectivity index (χ2v) is 4.54. The van der Waals surface area contributed by atoms with Crippen LogP contribution >= 0.6 is 0 Å². The molecule has 1 aromatic carbocycles. The predicted octanol–water partition coefficient (Wildman–Crippen LogP) is 0.325. The van der Waals surface area contributed by atoms with E-state index in [0.29, 0.717) is 11.1 Å². The molecule has 0 aliphatic rings. The molecule has 0 aromatic heterocycles. The molecule has 0 radical (unpaired) electrons. The van der Waals surface area contributed by atoms with Crippen LogP contribution in [0.15, 0.2) is 24.3 Å². The van der Waals surface area contributed by atoms with Crippen molar-refractivity contribution in [3.05, 3.63) is 46.8 Å². The summed E-state index contributed by atoms with van der Waals surface area (Å²) in [6.07, 6.45) is 0. The number of benzene rings is 1. The lowest BCUT2D eigenvalue weighted by Crippen LogP contribution is -2.17. The summed E-state index contributed by atoms with van der Waals surface area (Å²) in [4.78, 5) is 26.7. The van der Waals surface area contributed by atoms with Gasteiger partial charge in [0.15, 0.2) is 5.92 Å². The average Bonchev–Trinajstić information content (AvgIpc) is 2.60. The number of hydrogen-bond donors (Lipinski definition) is 2. The number of carbonyl (C=O) groups excluding carboxylic acids is 2. The van der Waals surface area contributed by atoms with E-state index in [0.717, 1.165) is 0 Å². The van der Waals surface area contributed by atoms with Crippen LogP contribution in [0.4, 0.5) is 0 Å². The van der Waals surface area contributed by atoms with Gasteiger partial charge in [0, 0.05) is 5.56 Å². The maximum atomic E-state index is 11.7. The highest BCUT2D eigenvalue weighted by Gasteiger charge is 2.28. The first-order valence-electron chi connectivity index (χ1n) is 7.00.